The number of nitrogens with one attached hydrogen (secondary N) is 1. The lowest BCUT2D eigenvalue weighted by Crippen LogP contribution is -2.51. The van der Waals surface area contributed by atoms with Crippen molar-refractivity contribution in [1.82, 2.24) is 15.1 Å². The summed E-state index contributed by atoms with van der Waals surface area (Å²) in [5.74, 6) is -2.43. The highest BCUT2D eigenvalue weighted by Crippen LogP contribution is 2.39. The highest BCUT2D eigenvalue weighted by Gasteiger charge is 2.55. The Morgan fingerprint density at radius 3 is 2.29 bits per heavy atom. The minimum absolute atomic E-state index is 0.302. The highest BCUT2D eigenvalue weighted by atomic mass is 16.4. The van der Waals surface area contributed by atoms with Crippen molar-refractivity contribution in [2.45, 2.75) is 57.5 Å². The predicted molar refractivity (Wildman–Crippen MR) is 85.1 cm³/mol. The van der Waals surface area contributed by atoms with E-state index in [0.717, 1.165) is 24.2 Å². The maximum absolute atomic E-state index is 12.8. The van der Waals surface area contributed by atoms with Crippen molar-refractivity contribution in [3.8, 4) is 0 Å². The summed E-state index contributed by atoms with van der Waals surface area (Å²) in [6.45, 7) is 2.91. The van der Waals surface area contributed by atoms with E-state index in [9.17, 15) is 19.2 Å². The number of rotatable bonds is 5. The van der Waals surface area contributed by atoms with E-state index in [-0.39, 0.29) is 11.8 Å². The number of amides is 4. The molecule has 1 spiro atoms. The standard InChI is InChI=1S/C16H25N3O5/c1-10(2)12(13(21)22)17-11(20)9-19-14(23)16(18(3)15(19)24)7-5-4-6-8-16/h10,12H,4-9H2,1-3H3,(H,17,20)(H,21,22)/t12-/m1/s1. The number of carboxylic acid groups (broad SMARTS) is 1. The summed E-state index contributed by atoms with van der Waals surface area (Å²) < 4.78 is 0. The van der Waals surface area contributed by atoms with Gasteiger partial charge in [-0.15, -0.1) is 0 Å². The quantitative estimate of drug-likeness (QED) is 0.721. The van der Waals surface area contributed by atoms with Crippen LogP contribution in [-0.4, -0.2) is 63.9 Å². The molecule has 134 valence electrons. The van der Waals surface area contributed by atoms with Crippen LogP contribution in [0, 0.1) is 5.92 Å². The van der Waals surface area contributed by atoms with Gasteiger partial charge in [0.1, 0.15) is 18.1 Å². The molecule has 1 saturated heterocycles. The molecule has 1 heterocycles. The molecule has 0 aromatic heterocycles. The minimum Gasteiger partial charge on any atom is -0.480 e. The van der Waals surface area contributed by atoms with E-state index in [0.29, 0.717) is 12.8 Å². The van der Waals surface area contributed by atoms with Gasteiger partial charge >= 0.3 is 12.0 Å². The van der Waals surface area contributed by atoms with E-state index >= 15 is 0 Å². The Morgan fingerprint density at radius 2 is 1.79 bits per heavy atom. The Balaban J connectivity index is 2.09. The molecule has 1 atom stereocenters. The first kappa shape index (κ1) is 18.2. The molecule has 0 radical (unpaired) electrons. The summed E-state index contributed by atoms with van der Waals surface area (Å²) in [5.41, 5.74) is -0.833. The molecule has 8 nitrogen and oxygen atoms in total. The van der Waals surface area contributed by atoms with Gasteiger partial charge in [-0.25, -0.2) is 9.59 Å². The largest absolute Gasteiger partial charge is 0.480 e. The van der Waals surface area contributed by atoms with Crippen LogP contribution in [0.4, 0.5) is 4.79 Å². The van der Waals surface area contributed by atoms with Crippen molar-refractivity contribution in [1.29, 1.82) is 0 Å². The maximum Gasteiger partial charge on any atom is 0.327 e. The number of hydrogen-bond donors (Lipinski definition) is 2. The first-order valence-electron chi connectivity index (χ1n) is 8.32. The molecular weight excluding hydrogens is 314 g/mol. The van der Waals surface area contributed by atoms with Crippen molar-refractivity contribution in [3.63, 3.8) is 0 Å². The third-order valence-electron chi connectivity index (χ3n) is 5.03. The number of nitrogens with zero attached hydrogens (tertiary/aromatic N) is 2. The molecule has 1 aliphatic carbocycles. The van der Waals surface area contributed by atoms with E-state index in [4.69, 9.17) is 5.11 Å². The number of urea groups is 1. The zero-order valence-electron chi connectivity index (χ0n) is 14.4. The molecule has 2 fully saturated rings. The molecule has 8 heteroatoms. The van der Waals surface area contributed by atoms with Crippen LogP contribution in [0.3, 0.4) is 0 Å². The minimum atomic E-state index is -1.14. The Labute approximate surface area is 141 Å². The lowest BCUT2D eigenvalue weighted by Gasteiger charge is -2.35. The van der Waals surface area contributed by atoms with Gasteiger partial charge < -0.3 is 15.3 Å². The van der Waals surface area contributed by atoms with E-state index in [1.165, 1.54) is 4.90 Å². The average Bonchev–Trinajstić information content (AvgIpc) is 2.69. The fourth-order valence-corrected chi connectivity index (χ4v) is 3.55. The van der Waals surface area contributed by atoms with Gasteiger partial charge in [-0.1, -0.05) is 33.1 Å². The molecular formula is C16H25N3O5. The molecule has 0 aromatic rings. The average molecular weight is 339 g/mol. The van der Waals surface area contributed by atoms with Crippen LogP contribution in [0.25, 0.3) is 0 Å². The topological polar surface area (TPSA) is 107 Å². The summed E-state index contributed by atoms with van der Waals surface area (Å²) >= 11 is 0. The molecule has 0 unspecified atom stereocenters. The number of carbonyl (C=O) groups excluding carboxylic acids is 3. The van der Waals surface area contributed by atoms with Gasteiger partial charge in [-0.3, -0.25) is 14.5 Å². The summed E-state index contributed by atoms with van der Waals surface area (Å²) in [6, 6.07) is -1.54. The van der Waals surface area contributed by atoms with E-state index in [2.05, 4.69) is 5.32 Å². The van der Waals surface area contributed by atoms with Gasteiger partial charge in [0.25, 0.3) is 5.91 Å². The Morgan fingerprint density at radius 1 is 1.21 bits per heavy atom. The van der Waals surface area contributed by atoms with Crippen molar-refractivity contribution >= 4 is 23.8 Å². The fourth-order valence-electron chi connectivity index (χ4n) is 3.55. The van der Waals surface area contributed by atoms with Crippen molar-refractivity contribution in [2.75, 3.05) is 13.6 Å². The summed E-state index contributed by atoms with van der Waals surface area (Å²) in [5, 5.41) is 11.5. The third-order valence-corrected chi connectivity index (χ3v) is 5.03. The number of carboxylic acids is 1. The van der Waals surface area contributed by atoms with Gasteiger partial charge in [-0.05, 0) is 18.8 Å². The van der Waals surface area contributed by atoms with Crippen LogP contribution in [0.5, 0.6) is 0 Å². The maximum atomic E-state index is 12.8. The molecule has 2 rings (SSSR count). The van der Waals surface area contributed by atoms with E-state index in [1.807, 2.05) is 0 Å². The molecule has 24 heavy (non-hydrogen) atoms. The molecule has 1 aliphatic heterocycles. The lowest BCUT2D eigenvalue weighted by molar-refractivity contribution is -0.143. The second-order valence-electron chi connectivity index (χ2n) is 6.95. The first-order chi connectivity index (χ1) is 11.2. The van der Waals surface area contributed by atoms with Gasteiger partial charge in [0.05, 0.1) is 0 Å². The Hall–Kier alpha value is -2.12. The van der Waals surface area contributed by atoms with Crippen LogP contribution in [0.15, 0.2) is 0 Å². The summed E-state index contributed by atoms with van der Waals surface area (Å²) in [4.78, 5) is 50.9. The molecule has 2 aliphatic rings. The van der Waals surface area contributed by atoms with Crippen molar-refractivity contribution in [3.05, 3.63) is 0 Å². The van der Waals surface area contributed by atoms with Crippen molar-refractivity contribution < 1.29 is 24.3 Å². The van der Waals surface area contributed by atoms with Crippen LogP contribution in [0.1, 0.15) is 46.0 Å². The Bertz CT molecular complexity index is 554. The van der Waals surface area contributed by atoms with Crippen LogP contribution < -0.4 is 5.32 Å². The number of imide groups is 1. The predicted octanol–water partition coefficient (Wildman–Crippen LogP) is 0.809. The summed E-state index contributed by atoms with van der Waals surface area (Å²) in [7, 11) is 1.59. The zero-order chi connectivity index (χ0) is 18.1. The number of likely N-dealkylation sites (N-methyl/N-ethyl adjacent to an activating group) is 1. The van der Waals surface area contributed by atoms with Gasteiger partial charge in [0.2, 0.25) is 5.91 Å². The second kappa shape index (κ2) is 6.78. The van der Waals surface area contributed by atoms with Crippen LogP contribution in [-0.2, 0) is 14.4 Å². The third kappa shape index (κ3) is 3.09. The molecule has 0 bridgehead atoms. The number of hydrogen-bond acceptors (Lipinski definition) is 4. The fraction of sp³-hybridized carbons (Fsp3) is 0.750. The second-order valence-corrected chi connectivity index (χ2v) is 6.95. The Kier molecular flexibility index (Phi) is 5.15. The van der Waals surface area contributed by atoms with E-state index < -0.39 is 36.0 Å². The molecule has 0 aromatic carbocycles. The van der Waals surface area contributed by atoms with Crippen LogP contribution >= 0.6 is 0 Å². The molecule has 2 N–H and O–H groups in total. The van der Waals surface area contributed by atoms with Gasteiger partial charge in [-0.2, -0.15) is 0 Å². The lowest BCUT2D eigenvalue weighted by atomic mass is 9.81. The van der Waals surface area contributed by atoms with E-state index in [1.54, 1.807) is 20.9 Å². The SMILES string of the molecule is CC(C)[C@@H](NC(=O)CN1C(=O)N(C)C2(CCCCC2)C1=O)C(=O)O. The number of carbonyl (C=O) groups is 4. The molecule has 1 saturated carbocycles. The summed E-state index contributed by atoms with van der Waals surface area (Å²) in [6.07, 6.45) is 3.99. The van der Waals surface area contributed by atoms with Crippen molar-refractivity contribution in [2.24, 2.45) is 5.92 Å². The first-order valence-corrected chi connectivity index (χ1v) is 8.32. The highest BCUT2D eigenvalue weighted by molar-refractivity contribution is 6.09. The number of aliphatic carboxylic acids is 1. The monoisotopic (exact) mass is 339 g/mol. The van der Waals surface area contributed by atoms with Crippen LogP contribution in [0.2, 0.25) is 0 Å². The van der Waals surface area contributed by atoms with Gasteiger partial charge in [0.15, 0.2) is 0 Å². The van der Waals surface area contributed by atoms with Gasteiger partial charge in [0, 0.05) is 7.05 Å². The zero-order valence-corrected chi connectivity index (χ0v) is 14.4. The smallest absolute Gasteiger partial charge is 0.327 e. The molecule has 4 amide bonds. The normalized spacial score (nSPS) is 21.5.